The lowest BCUT2D eigenvalue weighted by atomic mass is 10.0. The lowest BCUT2D eigenvalue weighted by Crippen LogP contribution is -2.29. The average Bonchev–Trinajstić information content (AvgIpc) is 3.71. The summed E-state index contributed by atoms with van der Waals surface area (Å²) in [6, 6.07) is 0. The number of allylic oxidation sites excluding steroid dienone is 16. The Labute approximate surface area is 563 Å². The van der Waals surface area contributed by atoms with E-state index in [4.69, 9.17) is 24.3 Å². The van der Waals surface area contributed by atoms with Crippen molar-refractivity contribution in [2.45, 2.75) is 380 Å². The van der Waals surface area contributed by atoms with Gasteiger partial charge in [0.2, 0.25) is 0 Å². The topological polar surface area (TPSA) is 134 Å². The van der Waals surface area contributed by atoms with Gasteiger partial charge in [-0.2, -0.15) is 0 Å². The van der Waals surface area contributed by atoms with Crippen molar-refractivity contribution < 1.29 is 37.6 Å². The zero-order chi connectivity index (χ0) is 65.8. The standard InChI is InChI=1S/C81H146NO8P/c1-3-5-7-9-11-13-15-17-19-21-23-25-27-29-31-33-35-36-37-38-39-40-41-42-44-45-47-49-51-53-55-57-59-61-63-65-67-69-71-73-80(83)87-77-79(78-89-91(85,86)88-76-75-82)90-81(84)74-72-70-68-66-64-62-60-58-56-54-52-50-48-46-43-34-32-30-28-26-24-22-20-18-16-14-12-10-8-6-4-2/h6,8,12,14,18,20,24,26,30,32,43,46,50,52,56,58,79H,3-5,7,9-11,13,15-17,19,21-23,25,27-29,31,33-42,44-45,47-49,51,53-55,57,59-78,82H2,1-2H3,(H,85,86)/b8-6-,14-12-,20-18-,26-24-,32-30-,46-43-,52-50-,58-56-. The third-order valence-corrected chi connectivity index (χ3v) is 18.0. The van der Waals surface area contributed by atoms with Crippen molar-refractivity contribution in [1.82, 2.24) is 0 Å². The summed E-state index contributed by atoms with van der Waals surface area (Å²) < 4.78 is 33.2. The highest BCUT2D eigenvalue weighted by Crippen LogP contribution is 2.43. The number of rotatable bonds is 73. The van der Waals surface area contributed by atoms with Crippen LogP contribution in [0.5, 0.6) is 0 Å². The van der Waals surface area contributed by atoms with Crippen LogP contribution in [-0.4, -0.2) is 49.3 Å². The molecule has 0 radical (unpaired) electrons. The first-order chi connectivity index (χ1) is 44.8. The number of nitrogens with two attached hydrogens (primary N) is 1. The number of carbonyl (C=O) groups is 2. The van der Waals surface area contributed by atoms with Gasteiger partial charge in [0.1, 0.15) is 6.61 Å². The highest BCUT2D eigenvalue weighted by atomic mass is 31.2. The third kappa shape index (κ3) is 75.8. The monoisotopic (exact) mass is 1290 g/mol. The fraction of sp³-hybridized carbons (Fsp3) is 0.778. The largest absolute Gasteiger partial charge is 0.472 e. The first-order valence-electron chi connectivity index (χ1n) is 38.7. The van der Waals surface area contributed by atoms with Crippen LogP contribution in [0.25, 0.3) is 0 Å². The Morgan fingerprint density at radius 2 is 0.604 bits per heavy atom. The second kappa shape index (κ2) is 76.0. The van der Waals surface area contributed by atoms with E-state index in [1.165, 1.54) is 231 Å². The number of unbranched alkanes of at least 4 members (excludes halogenated alkanes) is 44. The number of esters is 2. The Morgan fingerprint density at radius 3 is 0.901 bits per heavy atom. The van der Waals surface area contributed by atoms with Gasteiger partial charge in [-0.05, 0) is 77.0 Å². The maximum absolute atomic E-state index is 12.8. The molecule has 3 N–H and O–H groups in total. The Kier molecular flexibility index (Phi) is 73.4. The SMILES string of the molecule is CC/C=C\C/C=C\C/C=C\C/C=C\C/C=C\C/C=C\C/C=C\C/C=C\CCCCCCCCC(=O)OC(COC(=O)CCCCCCCCCCCCCCCCCCCCCCCCCCCCCCCCCCCCCCCCC)COP(=O)(O)OCCN. The smallest absolute Gasteiger partial charge is 0.462 e. The van der Waals surface area contributed by atoms with E-state index in [0.717, 1.165) is 109 Å². The molecule has 0 saturated carbocycles. The molecule has 0 aromatic rings. The lowest BCUT2D eigenvalue weighted by molar-refractivity contribution is -0.161. The van der Waals surface area contributed by atoms with Gasteiger partial charge < -0.3 is 20.1 Å². The molecule has 2 atom stereocenters. The predicted octanol–water partition coefficient (Wildman–Crippen LogP) is 25.9. The van der Waals surface area contributed by atoms with E-state index in [1.54, 1.807) is 0 Å². The van der Waals surface area contributed by atoms with E-state index in [0.29, 0.717) is 6.42 Å². The molecule has 0 aromatic heterocycles. The molecular formula is C81H146NO8P. The van der Waals surface area contributed by atoms with Crippen molar-refractivity contribution in [3.05, 3.63) is 97.2 Å². The number of phosphoric ester groups is 1. The maximum Gasteiger partial charge on any atom is 0.472 e. The van der Waals surface area contributed by atoms with Crippen LogP contribution in [0, 0.1) is 0 Å². The zero-order valence-electron chi connectivity index (χ0n) is 59.6. The molecule has 9 nitrogen and oxygen atoms in total. The van der Waals surface area contributed by atoms with Gasteiger partial charge in [-0.3, -0.25) is 18.6 Å². The number of hydrogen-bond acceptors (Lipinski definition) is 8. The van der Waals surface area contributed by atoms with Crippen molar-refractivity contribution in [2.75, 3.05) is 26.4 Å². The van der Waals surface area contributed by atoms with E-state index < -0.39 is 26.5 Å². The van der Waals surface area contributed by atoms with Crippen LogP contribution < -0.4 is 5.73 Å². The number of hydrogen-bond donors (Lipinski definition) is 2. The van der Waals surface area contributed by atoms with Gasteiger partial charge >= 0.3 is 19.8 Å². The van der Waals surface area contributed by atoms with Crippen LogP contribution in [0.15, 0.2) is 97.2 Å². The summed E-state index contributed by atoms with van der Waals surface area (Å²) in [4.78, 5) is 35.4. The second-order valence-electron chi connectivity index (χ2n) is 25.9. The van der Waals surface area contributed by atoms with Crippen molar-refractivity contribution in [1.29, 1.82) is 0 Å². The molecule has 0 rings (SSSR count). The molecule has 0 spiro atoms. The Hall–Kier alpha value is -3.07. The van der Waals surface area contributed by atoms with Crippen LogP contribution in [0.3, 0.4) is 0 Å². The molecule has 0 aromatic carbocycles. The van der Waals surface area contributed by atoms with E-state index in [9.17, 15) is 19.0 Å². The lowest BCUT2D eigenvalue weighted by Gasteiger charge is -2.19. The predicted molar refractivity (Wildman–Crippen MR) is 395 cm³/mol. The summed E-state index contributed by atoms with van der Waals surface area (Å²) in [6.45, 7) is 3.66. The summed E-state index contributed by atoms with van der Waals surface area (Å²) in [5.74, 6) is -0.835. The summed E-state index contributed by atoms with van der Waals surface area (Å²) in [6.07, 6.45) is 104. The van der Waals surface area contributed by atoms with Crippen LogP contribution in [0.2, 0.25) is 0 Å². The number of phosphoric acid groups is 1. The summed E-state index contributed by atoms with van der Waals surface area (Å²) in [5.41, 5.74) is 5.41. The zero-order valence-corrected chi connectivity index (χ0v) is 60.5. The van der Waals surface area contributed by atoms with E-state index in [2.05, 4.69) is 111 Å². The molecule has 0 aliphatic carbocycles. The van der Waals surface area contributed by atoms with Crippen molar-refractivity contribution >= 4 is 19.8 Å². The minimum Gasteiger partial charge on any atom is -0.462 e. The molecule has 0 fully saturated rings. The van der Waals surface area contributed by atoms with Gasteiger partial charge in [0.05, 0.1) is 13.2 Å². The highest BCUT2D eigenvalue weighted by Gasteiger charge is 2.26. The van der Waals surface area contributed by atoms with Gasteiger partial charge in [-0.1, -0.05) is 381 Å². The maximum atomic E-state index is 12.8. The van der Waals surface area contributed by atoms with Crippen LogP contribution in [-0.2, 0) is 32.7 Å². The Balaban J connectivity index is 3.83. The first kappa shape index (κ1) is 87.9. The molecule has 0 heterocycles. The van der Waals surface area contributed by atoms with Gasteiger partial charge in [-0.25, -0.2) is 4.57 Å². The summed E-state index contributed by atoms with van der Waals surface area (Å²) in [5, 5.41) is 0. The van der Waals surface area contributed by atoms with Gasteiger partial charge in [-0.15, -0.1) is 0 Å². The van der Waals surface area contributed by atoms with Gasteiger partial charge in [0.25, 0.3) is 0 Å². The molecule has 91 heavy (non-hydrogen) atoms. The van der Waals surface area contributed by atoms with E-state index in [1.807, 2.05) is 0 Å². The number of ether oxygens (including phenoxy) is 2. The molecular weight excluding hydrogens is 1150 g/mol. The normalized spacial score (nSPS) is 13.4. The minimum absolute atomic E-state index is 0.0475. The summed E-state index contributed by atoms with van der Waals surface area (Å²) in [7, 11) is -4.41. The molecule has 0 bridgehead atoms. The molecule has 0 aliphatic heterocycles. The van der Waals surface area contributed by atoms with Crippen LogP contribution in [0.4, 0.5) is 0 Å². The molecule has 0 saturated heterocycles. The van der Waals surface area contributed by atoms with Crippen molar-refractivity contribution in [3.63, 3.8) is 0 Å². The minimum atomic E-state index is -4.41. The van der Waals surface area contributed by atoms with Gasteiger partial charge in [0, 0.05) is 19.4 Å². The molecule has 528 valence electrons. The van der Waals surface area contributed by atoms with Crippen LogP contribution >= 0.6 is 7.82 Å². The van der Waals surface area contributed by atoms with E-state index >= 15 is 0 Å². The van der Waals surface area contributed by atoms with E-state index in [-0.39, 0.29) is 38.6 Å². The third-order valence-electron chi connectivity index (χ3n) is 17.0. The molecule has 0 amide bonds. The second-order valence-corrected chi connectivity index (χ2v) is 27.3. The quantitative estimate of drug-likeness (QED) is 0.0264. The number of carbonyl (C=O) groups excluding carboxylic acids is 2. The molecule has 2 unspecified atom stereocenters. The molecule has 0 aliphatic rings. The summed E-state index contributed by atoms with van der Waals surface area (Å²) >= 11 is 0. The fourth-order valence-electron chi connectivity index (χ4n) is 11.3. The highest BCUT2D eigenvalue weighted by molar-refractivity contribution is 7.47. The molecule has 10 heteroatoms. The van der Waals surface area contributed by atoms with Crippen LogP contribution in [0.1, 0.15) is 373 Å². The first-order valence-corrected chi connectivity index (χ1v) is 40.2. The Bertz CT molecular complexity index is 1820. The average molecular weight is 1290 g/mol. The fourth-order valence-corrected chi connectivity index (χ4v) is 12.1. The van der Waals surface area contributed by atoms with Gasteiger partial charge in [0.15, 0.2) is 6.10 Å². The Morgan fingerprint density at radius 1 is 0.341 bits per heavy atom. The van der Waals surface area contributed by atoms with Crippen molar-refractivity contribution in [3.8, 4) is 0 Å². The van der Waals surface area contributed by atoms with Crippen molar-refractivity contribution in [2.24, 2.45) is 5.73 Å².